The fourth-order valence-electron chi connectivity index (χ4n) is 6.24. The SMILES string of the molecule is CCC1C2CC(C1CC)C(c1ccccc1)(c1ccc(O)cc1)C2. The van der Waals surface area contributed by atoms with E-state index >= 15 is 0 Å². The second kappa shape index (κ2) is 5.95. The van der Waals surface area contributed by atoms with Crippen LogP contribution in [0, 0.1) is 23.7 Å². The van der Waals surface area contributed by atoms with Crippen molar-refractivity contribution < 1.29 is 5.11 Å². The monoisotopic (exact) mass is 320 g/mol. The summed E-state index contributed by atoms with van der Waals surface area (Å²) >= 11 is 0. The van der Waals surface area contributed by atoms with Crippen LogP contribution in [0.3, 0.4) is 0 Å². The van der Waals surface area contributed by atoms with Gasteiger partial charge in [0.2, 0.25) is 0 Å². The van der Waals surface area contributed by atoms with Gasteiger partial charge in [-0.1, -0.05) is 69.2 Å². The third-order valence-corrected chi connectivity index (χ3v) is 7.06. The second-order valence-electron chi connectivity index (χ2n) is 7.83. The summed E-state index contributed by atoms with van der Waals surface area (Å²) in [6, 6.07) is 19.2. The lowest BCUT2D eigenvalue weighted by molar-refractivity contribution is 0.146. The molecule has 126 valence electrons. The van der Waals surface area contributed by atoms with E-state index in [2.05, 4.69) is 56.3 Å². The van der Waals surface area contributed by atoms with Gasteiger partial charge in [0.25, 0.3) is 0 Å². The van der Waals surface area contributed by atoms with Crippen LogP contribution in [-0.4, -0.2) is 5.11 Å². The number of phenols is 1. The highest BCUT2D eigenvalue weighted by molar-refractivity contribution is 5.45. The zero-order valence-corrected chi connectivity index (χ0v) is 14.8. The van der Waals surface area contributed by atoms with Crippen molar-refractivity contribution in [1.29, 1.82) is 0 Å². The van der Waals surface area contributed by atoms with Crippen LogP contribution in [-0.2, 0) is 5.41 Å². The van der Waals surface area contributed by atoms with Gasteiger partial charge in [-0.25, -0.2) is 0 Å². The van der Waals surface area contributed by atoms with Gasteiger partial charge in [-0.05, 0) is 59.8 Å². The number of phenolic OH excluding ortho intramolecular Hbond substituents is 1. The van der Waals surface area contributed by atoms with E-state index in [-0.39, 0.29) is 5.41 Å². The Balaban J connectivity index is 1.86. The zero-order chi connectivity index (χ0) is 16.7. The minimum absolute atomic E-state index is 0.131. The minimum Gasteiger partial charge on any atom is -0.508 e. The van der Waals surface area contributed by atoms with Crippen molar-refractivity contribution in [2.75, 3.05) is 0 Å². The average Bonchev–Trinajstić information content (AvgIpc) is 3.18. The lowest BCUT2D eigenvalue weighted by Gasteiger charge is -2.46. The maximum Gasteiger partial charge on any atom is 0.115 e. The first-order valence-corrected chi connectivity index (χ1v) is 9.55. The fraction of sp³-hybridized carbons (Fsp3) is 0.478. The van der Waals surface area contributed by atoms with E-state index in [4.69, 9.17) is 0 Å². The molecule has 0 aromatic heterocycles. The average molecular weight is 320 g/mol. The molecule has 0 spiro atoms. The van der Waals surface area contributed by atoms with Crippen molar-refractivity contribution in [1.82, 2.24) is 0 Å². The van der Waals surface area contributed by atoms with Crippen molar-refractivity contribution in [3.05, 3.63) is 65.7 Å². The van der Waals surface area contributed by atoms with Crippen LogP contribution in [0.4, 0.5) is 0 Å². The van der Waals surface area contributed by atoms with Crippen LogP contribution in [0.25, 0.3) is 0 Å². The molecule has 0 radical (unpaired) electrons. The van der Waals surface area contributed by atoms with Crippen molar-refractivity contribution in [3.8, 4) is 5.75 Å². The Bertz CT molecular complexity index is 690. The molecular weight excluding hydrogens is 292 g/mol. The highest BCUT2D eigenvalue weighted by Gasteiger charge is 2.59. The molecule has 2 aliphatic carbocycles. The standard InChI is InChI=1S/C23H28O/c1-3-20-16-14-22(21(20)4-2)23(15-16,17-8-6-5-7-9-17)18-10-12-19(24)13-11-18/h5-13,16,20-22,24H,3-4,14-15H2,1-2H3. The predicted molar refractivity (Wildman–Crippen MR) is 99.1 cm³/mol. The third-order valence-electron chi connectivity index (χ3n) is 7.06. The summed E-state index contributed by atoms with van der Waals surface area (Å²) in [5.41, 5.74) is 2.99. The smallest absolute Gasteiger partial charge is 0.115 e. The van der Waals surface area contributed by atoms with Crippen LogP contribution in [0.2, 0.25) is 0 Å². The molecule has 5 unspecified atom stereocenters. The molecule has 1 N–H and O–H groups in total. The van der Waals surface area contributed by atoms with Gasteiger partial charge < -0.3 is 5.11 Å². The molecule has 1 heteroatoms. The number of hydrogen-bond donors (Lipinski definition) is 1. The molecule has 4 rings (SSSR count). The van der Waals surface area contributed by atoms with Crippen LogP contribution in [0.15, 0.2) is 54.6 Å². The molecule has 1 nitrogen and oxygen atoms in total. The summed E-state index contributed by atoms with van der Waals surface area (Å²) in [5.74, 6) is 3.66. The Hall–Kier alpha value is -1.76. The van der Waals surface area contributed by atoms with Gasteiger partial charge >= 0.3 is 0 Å². The molecule has 2 aliphatic rings. The van der Waals surface area contributed by atoms with E-state index in [1.165, 1.54) is 36.8 Å². The first-order valence-electron chi connectivity index (χ1n) is 9.55. The minimum atomic E-state index is 0.131. The maximum atomic E-state index is 9.76. The number of fused-ring (bicyclic) bond motifs is 2. The van der Waals surface area contributed by atoms with Crippen LogP contribution in [0.1, 0.15) is 50.7 Å². The molecule has 2 aromatic rings. The summed E-state index contributed by atoms with van der Waals surface area (Å²) in [6.45, 7) is 4.75. The van der Waals surface area contributed by atoms with Gasteiger partial charge in [-0.2, -0.15) is 0 Å². The summed E-state index contributed by atoms with van der Waals surface area (Å²) in [6.07, 6.45) is 5.24. The van der Waals surface area contributed by atoms with Crippen LogP contribution in [0.5, 0.6) is 5.75 Å². The van der Waals surface area contributed by atoms with E-state index in [9.17, 15) is 5.11 Å². The summed E-state index contributed by atoms with van der Waals surface area (Å²) in [7, 11) is 0. The normalized spacial score (nSPS) is 34.6. The van der Waals surface area contributed by atoms with Gasteiger partial charge in [0, 0.05) is 5.41 Å². The first-order chi connectivity index (χ1) is 11.7. The highest BCUT2D eigenvalue weighted by atomic mass is 16.3. The molecule has 5 atom stereocenters. The predicted octanol–water partition coefficient (Wildman–Crippen LogP) is 5.77. The third kappa shape index (κ3) is 2.13. The molecule has 2 aromatic carbocycles. The molecule has 0 saturated heterocycles. The van der Waals surface area contributed by atoms with Crippen LogP contribution < -0.4 is 0 Å². The summed E-state index contributed by atoms with van der Waals surface area (Å²) < 4.78 is 0. The van der Waals surface area contributed by atoms with E-state index in [1.807, 2.05) is 12.1 Å². The fourth-order valence-corrected chi connectivity index (χ4v) is 6.24. The molecule has 0 heterocycles. The first kappa shape index (κ1) is 15.7. The Morgan fingerprint density at radius 3 is 2.12 bits per heavy atom. The molecular formula is C23H28O. The zero-order valence-electron chi connectivity index (χ0n) is 14.8. The largest absolute Gasteiger partial charge is 0.508 e. The van der Waals surface area contributed by atoms with E-state index in [1.54, 1.807) is 0 Å². The van der Waals surface area contributed by atoms with Gasteiger partial charge in [0.15, 0.2) is 0 Å². The van der Waals surface area contributed by atoms with E-state index < -0.39 is 0 Å². The maximum absolute atomic E-state index is 9.76. The quantitative estimate of drug-likeness (QED) is 0.758. The molecule has 0 aliphatic heterocycles. The van der Waals surface area contributed by atoms with Gasteiger partial charge in [0.05, 0.1) is 0 Å². The summed E-state index contributed by atoms with van der Waals surface area (Å²) in [5, 5.41) is 9.76. The number of aromatic hydroxyl groups is 1. The van der Waals surface area contributed by atoms with Crippen molar-refractivity contribution >= 4 is 0 Å². The summed E-state index contributed by atoms with van der Waals surface area (Å²) in [4.78, 5) is 0. The number of benzene rings is 2. The van der Waals surface area contributed by atoms with Crippen molar-refractivity contribution in [2.24, 2.45) is 23.7 Å². The second-order valence-corrected chi connectivity index (χ2v) is 7.83. The topological polar surface area (TPSA) is 20.2 Å². The Morgan fingerprint density at radius 2 is 1.50 bits per heavy atom. The highest BCUT2D eigenvalue weighted by Crippen LogP contribution is 2.65. The van der Waals surface area contributed by atoms with Gasteiger partial charge in [-0.3, -0.25) is 0 Å². The number of hydrogen-bond acceptors (Lipinski definition) is 1. The van der Waals surface area contributed by atoms with E-state index in [0.717, 1.165) is 23.7 Å². The van der Waals surface area contributed by atoms with Crippen molar-refractivity contribution in [2.45, 2.75) is 44.9 Å². The molecule has 0 amide bonds. The lowest BCUT2D eigenvalue weighted by Crippen LogP contribution is -2.41. The Kier molecular flexibility index (Phi) is 3.90. The van der Waals surface area contributed by atoms with Gasteiger partial charge in [-0.15, -0.1) is 0 Å². The molecule has 2 fully saturated rings. The van der Waals surface area contributed by atoms with Gasteiger partial charge in [0.1, 0.15) is 5.75 Å². The Labute approximate surface area is 145 Å². The number of rotatable bonds is 4. The van der Waals surface area contributed by atoms with E-state index in [0.29, 0.717) is 5.75 Å². The molecule has 2 bridgehead atoms. The van der Waals surface area contributed by atoms with Crippen molar-refractivity contribution in [3.63, 3.8) is 0 Å². The van der Waals surface area contributed by atoms with Crippen LogP contribution >= 0.6 is 0 Å². The lowest BCUT2D eigenvalue weighted by atomic mass is 9.58. The molecule has 24 heavy (non-hydrogen) atoms. The molecule has 2 saturated carbocycles. The Morgan fingerprint density at radius 1 is 0.875 bits per heavy atom.